The zero-order valence-electron chi connectivity index (χ0n) is 17.2. The first-order chi connectivity index (χ1) is 14.8. The fourth-order valence-electron chi connectivity index (χ4n) is 8.35. The van der Waals surface area contributed by atoms with E-state index in [0.29, 0.717) is 11.5 Å². The van der Waals surface area contributed by atoms with Crippen LogP contribution in [-0.2, 0) is 4.74 Å². The molecule has 4 fully saturated rings. The van der Waals surface area contributed by atoms with Gasteiger partial charge in [0.15, 0.2) is 0 Å². The number of ether oxygens (including phenoxy) is 1. The van der Waals surface area contributed by atoms with E-state index in [9.17, 15) is 4.79 Å². The smallest absolute Gasteiger partial charge is 0.338 e. The molecule has 5 aliphatic rings. The lowest BCUT2D eigenvalue weighted by atomic mass is 9.73. The van der Waals surface area contributed by atoms with Crippen molar-refractivity contribution in [2.45, 2.75) is 31.8 Å². The van der Waals surface area contributed by atoms with E-state index >= 15 is 0 Å². The molecule has 30 heavy (non-hydrogen) atoms. The van der Waals surface area contributed by atoms with Gasteiger partial charge in [-0.25, -0.2) is 4.79 Å². The number of esters is 1. The number of allylic oxidation sites excluding steroid dienone is 2. The maximum absolute atomic E-state index is 12.9. The van der Waals surface area contributed by atoms with Crippen LogP contribution in [-0.4, -0.2) is 12.1 Å². The highest BCUT2D eigenvalue weighted by molar-refractivity contribution is 5.90. The van der Waals surface area contributed by atoms with Crippen molar-refractivity contribution in [1.29, 1.82) is 0 Å². The molecule has 0 amide bonds. The Balaban J connectivity index is 1.05. The molecule has 2 heteroatoms. The van der Waals surface area contributed by atoms with Gasteiger partial charge in [-0.15, -0.1) is 0 Å². The minimum absolute atomic E-state index is 0.136. The maximum Gasteiger partial charge on any atom is 0.338 e. The predicted molar refractivity (Wildman–Crippen MR) is 117 cm³/mol. The third-order valence-corrected chi connectivity index (χ3v) is 9.34. The lowest BCUT2D eigenvalue weighted by molar-refractivity contribution is -0.00227. The van der Waals surface area contributed by atoms with Gasteiger partial charge >= 0.3 is 5.97 Å². The molecule has 7 rings (SSSR count). The van der Waals surface area contributed by atoms with Crippen LogP contribution in [0.15, 0.2) is 66.7 Å². The standard InChI is InChI=1S/C28H28O2/c29-28(18-8-6-17(7-9-18)16-4-2-1-3-5-16)30-25-14-21-13-23(25)24-15-22-19-10-11-20(12-19)26(22)27(21)24/h1-11,19-27H,12-15H2. The summed E-state index contributed by atoms with van der Waals surface area (Å²) < 4.78 is 6.12. The number of hydrogen-bond acceptors (Lipinski definition) is 2. The Kier molecular flexibility index (Phi) is 3.66. The fourth-order valence-corrected chi connectivity index (χ4v) is 8.35. The van der Waals surface area contributed by atoms with Crippen molar-refractivity contribution in [2.24, 2.45) is 47.3 Å². The van der Waals surface area contributed by atoms with Crippen molar-refractivity contribution in [1.82, 2.24) is 0 Å². The summed E-state index contributed by atoms with van der Waals surface area (Å²) in [5.41, 5.74) is 2.99. The van der Waals surface area contributed by atoms with Gasteiger partial charge in [0.1, 0.15) is 6.10 Å². The normalized spacial score (nSPS) is 41.8. The first-order valence-electron chi connectivity index (χ1n) is 11.8. The molecular weight excluding hydrogens is 368 g/mol. The Labute approximate surface area is 178 Å². The van der Waals surface area contributed by atoms with Crippen LogP contribution in [0.25, 0.3) is 11.1 Å². The molecule has 0 spiro atoms. The van der Waals surface area contributed by atoms with Crippen LogP contribution in [0.2, 0.25) is 0 Å². The summed E-state index contributed by atoms with van der Waals surface area (Å²) in [5, 5.41) is 0. The van der Waals surface area contributed by atoms with E-state index in [1.54, 1.807) is 0 Å². The highest BCUT2D eigenvalue weighted by Crippen LogP contribution is 2.69. The van der Waals surface area contributed by atoms with Gasteiger partial charge in [0.2, 0.25) is 0 Å². The molecule has 0 radical (unpaired) electrons. The Morgan fingerprint density at radius 3 is 2.30 bits per heavy atom. The molecule has 2 aromatic rings. The van der Waals surface area contributed by atoms with Crippen LogP contribution in [0.1, 0.15) is 36.0 Å². The summed E-state index contributed by atoms with van der Waals surface area (Å²) >= 11 is 0. The van der Waals surface area contributed by atoms with Gasteiger partial charge in [-0.05, 0) is 96.3 Å². The van der Waals surface area contributed by atoms with Crippen LogP contribution >= 0.6 is 0 Å². The second-order valence-electron chi connectivity index (χ2n) is 10.4. The summed E-state index contributed by atoms with van der Waals surface area (Å²) in [7, 11) is 0. The van der Waals surface area contributed by atoms with Crippen LogP contribution in [0.3, 0.4) is 0 Å². The zero-order chi connectivity index (χ0) is 19.8. The van der Waals surface area contributed by atoms with E-state index < -0.39 is 0 Å². The minimum atomic E-state index is -0.136. The Morgan fingerprint density at radius 2 is 1.47 bits per heavy atom. The van der Waals surface area contributed by atoms with Gasteiger partial charge in [-0.1, -0.05) is 54.6 Å². The molecule has 4 bridgehead atoms. The number of carbonyl (C=O) groups is 1. The molecule has 4 saturated carbocycles. The predicted octanol–water partition coefficient (Wildman–Crippen LogP) is 5.99. The second kappa shape index (κ2) is 6.33. The highest BCUT2D eigenvalue weighted by Gasteiger charge is 2.65. The maximum atomic E-state index is 12.9. The highest BCUT2D eigenvalue weighted by atomic mass is 16.5. The van der Waals surface area contributed by atoms with Crippen LogP contribution in [0.4, 0.5) is 0 Å². The van der Waals surface area contributed by atoms with E-state index in [2.05, 4.69) is 24.3 Å². The van der Waals surface area contributed by atoms with Crippen molar-refractivity contribution >= 4 is 5.97 Å². The molecule has 0 heterocycles. The molecule has 2 nitrogen and oxygen atoms in total. The van der Waals surface area contributed by atoms with E-state index in [1.807, 2.05) is 42.5 Å². The molecule has 0 aromatic heterocycles. The average Bonchev–Trinajstić information content (AvgIpc) is 3.57. The molecule has 0 N–H and O–H groups in total. The Bertz CT molecular complexity index is 1010. The molecular formula is C28H28O2. The summed E-state index contributed by atoms with van der Waals surface area (Å²) in [4.78, 5) is 12.9. The van der Waals surface area contributed by atoms with Gasteiger partial charge in [-0.3, -0.25) is 0 Å². The van der Waals surface area contributed by atoms with Gasteiger partial charge in [0, 0.05) is 0 Å². The van der Waals surface area contributed by atoms with Crippen LogP contribution in [0.5, 0.6) is 0 Å². The molecule has 5 aliphatic carbocycles. The quantitative estimate of drug-likeness (QED) is 0.470. The number of benzene rings is 2. The number of hydrogen-bond donors (Lipinski definition) is 0. The average molecular weight is 397 g/mol. The zero-order valence-corrected chi connectivity index (χ0v) is 17.2. The summed E-state index contributed by atoms with van der Waals surface area (Å²) in [6.07, 6.45) is 10.4. The van der Waals surface area contributed by atoms with Crippen molar-refractivity contribution in [3.05, 3.63) is 72.3 Å². The van der Waals surface area contributed by atoms with E-state index in [0.717, 1.165) is 53.4 Å². The number of fused-ring (bicyclic) bond motifs is 11. The molecule has 0 saturated heterocycles. The van der Waals surface area contributed by atoms with Gasteiger partial charge < -0.3 is 4.74 Å². The molecule has 9 unspecified atom stereocenters. The first-order valence-corrected chi connectivity index (χ1v) is 11.8. The third-order valence-electron chi connectivity index (χ3n) is 9.34. The largest absolute Gasteiger partial charge is 0.458 e. The second-order valence-corrected chi connectivity index (χ2v) is 10.4. The monoisotopic (exact) mass is 396 g/mol. The molecule has 152 valence electrons. The third kappa shape index (κ3) is 2.40. The summed E-state index contributed by atoms with van der Waals surface area (Å²) in [6, 6.07) is 18.2. The molecule has 9 atom stereocenters. The molecule has 2 aromatic carbocycles. The SMILES string of the molecule is O=C(OC1CC2CC1C1CC3C4C=CC(C4)C3C21)c1ccc(-c2ccccc2)cc1. The van der Waals surface area contributed by atoms with Crippen molar-refractivity contribution in [3.63, 3.8) is 0 Å². The van der Waals surface area contributed by atoms with Gasteiger partial charge in [-0.2, -0.15) is 0 Å². The van der Waals surface area contributed by atoms with Crippen molar-refractivity contribution in [3.8, 4) is 11.1 Å². The minimum Gasteiger partial charge on any atom is -0.458 e. The van der Waals surface area contributed by atoms with Crippen molar-refractivity contribution in [2.75, 3.05) is 0 Å². The lowest BCUT2D eigenvalue weighted by Gasteiger charge is -2.35. The topological polar surface area (TPSA) is 26.3 Å². The van der Waals surface area contributed by atoms with Gasteiger partial charge in [0.25, 0.3) is 0 Å². The van der Waals surface area contributed by atoms with Crippen molar-refractivity contribution < 1.29 is 9.53 Å². The fraction of sp³-hybridized carbons (Fsp3) is 0.464. The van der Waals surface area contributed by atoms with Crippen LogP contribution < -0.4 is 0 Å². The summed E-state index contributed by atoms with van der Waals surface area (Å²) in [5.74, 6) is 6.58. The number of carbonyl (C=O) groups excluding carboxylic acids is 1. The number of rotatable bonds is 3. The lowest BCUT2D eigenvalue weighted by Crippen LogP contribution is -2.34. The first kappa shape index (κ1) is 17.3. The summed E-state index contributed by atoms with van der Waals surface area (Å²) in [6.45, 7) is 0. The van der Waals surface area contributed by atoms with Gasteiger partial charge in [0.05, 0.1) is 5.56 Å². The Hall–Kier alpha value is -2.35. The van der Waals surface area contributed by atoms with E-state index in [1.165, 1.54) is 24.8 Å². The molecule has 0 aliphatic heterocycles. The van der Waals surface area contributed by atoms with E-state index in [-0.39, 0.29) is 12.1 Å². The van der Waals surface area contributed by atoms with E-state index in [4.69, 9.17) is 4.74 Å². The Morgan fingerprint density at radius 1 is 0.700 bits per heavy atom. The van der Waals surface area contributed by atoms with Crippen LogP contribution in [0, 0.1) is 47.3 Å².